The molecule has 0 radical (unpaired) electrons. The predicted octanol–water partition coefficient (Wildman–Crippen LogP) is 3.60. The Labute approximate surface area is 84.8 Å². The fourth-order valence-corrected chi connectivity index (χ4v) is 0.518. The highest BCUT2D eigenvalue weighted by molar-refractivity contribution is 9.09. The molecule has 0 rings (SSSR count). The quantitative estimate of drug-likeness (QED) is 0.566. The van der Waals surface area contributed by atoms with E-state index in [1.165, 1.54) is 0 Å². The average molecular weight is 284 g/mol. The van der Waals surface area contributed by atoms with Gasteiger partial charge in [0.05, 0.1) is 9.65 Å². The SMILES string of the molecule is C=C(OC(=C)C(C)Br)C(C)Br. The van der Waals surface area contributed by atoms with E-state index >= 15 is 0 Å². The highest BCUT2D eigenvalue weighted by Gasteiger charge is 2.08. The summed E-state index contributed by atoms with van der Waals surface area (Å²) in [5.74, 6) is 1.36. The first-order chi connectivity index (χ1) is 4.95. The van der Waals surface area contributed by atoms with Gasteiger partial charge in [0, 0.05) is 0 Å². The number of alkyl halides is 2. The number of ether oxygens (including phenoxy) is 1. The molecule has 0 aliphatic rings. The molecule has 64 valence electrons. The Hall–Kier alpha value is 0.240. The van der Waals surface area contributed by atoms with Crippen molar-refractivity contribution in [3.8, 4) is 0 Å². The van der Waals surface area contributed by atoms with Gasteiger partial charge in [0.25, 0.3) is 0 Å². The predicted molar refractivity (Wildman–Crippen MR) is 56.1 cm³/mol. The molecule has 1 nitrogen and oxygen atoms in total. The van der Waals surface area contributed by atoms with Crippen LogP contribution in [0, 0.1) is 0 Å². The van der Waals surface area contributed by atoms with Crippen molar-refractivity contribution in [1.29, 1.82) is 0 Å². The molecule has 3 heteroatoms. The van der Waals surface area contributed by atoms with Crippen molar-refractivity contribution in [3.05, 3.63) is 24.7 Å². The van der Waals surface area contributed by atoms with Gasteiger partial charge in [-0.15, -0.1) is 0 Å². The van der Waals surface area contributed by atoms with Crippen LogP contribution in [0.4, 0.5) is 0 Å². The first-order valence-electron chi connectivity index (χ1n) is 3.28. The van der Waals surface area contributed by atoms with Crippen LogP contribution >= 0.6 is 31.9 Å². The standard InChI is InChI=1S/C8H12Br2O/c1-5(9)7(3)11-8(4)6(2)10/h5-6H,3-4H2,1-2H3. The summed E-state index contributed by atoms with van der Waals surface area (Å²) in [7, 11) is 0. The van der Waals surface area contributed by atoms with Gasteiger partial charge in [-0.1, -0.05) is 45.0 Å². The zero-order valence-corrected chi connectivity index (χ0v) is 9.91. The summed E-state index contributed by atoms with van der Waals surface area (Å²) >= 11 is 6.67. The van der Waals surface area contributed by atoms with E-state index in [4.69, 9.17) is 4.74 Å². The lowest BCUT2D eigenvalue weighted by atomic mass is 10.4. The molecule has 0 aromatic carbocycles. The fourth-order valence-electron chi connectivity index (χ4n) is 0.331. The normalized spacial score (nSPS) is 15.3. The molecule has 0 aromatic heterocycles. The van der Waals surface area contributed by atoms with Crippen molar-refractivity contribution in [2.75, 3.05) is 0 Å². The summed E-state index contributed by atoms with van der Waals surface area (Å²) in [5.41, 5.74) is 0. The Balaban J connectivity index is 3.86. The molecule has 0 fully saturated rings. The van der Waals surface area contributed by atoms with E-state index in [1.807, 2.05) is 13.8 Å². The summed E-state index contributed by atoms with van der Waals surface area (Å²) < 4.78 is 5.29. The van der Waals surface area contributed by atoms with Crippen molar-refractivity contribution in [2.24, 2.45) is 0 Å². The second-order valence-corrected chi connectivity index (χ2v) is 5.01. The molecule has 0 N–H and O–H groups in total. The molecule has 0 amide bonds. The topological polar surface area (TPSA) is 9.23 Å². The van der Waals surface area contributed by atoms with Crippen LogP contribution in [0.3, 0.4) is 0 Å². The van der Waals surface area contributed by atoms with Gasteiger partial charge in [-0.05, 0) is 13.8 Å². The monoisotopic (exact) mass is 282 g/mol. The highest BCUT2D eigenvalue weighted by Crippen LogP contribution is 2.18. The molecule has 2 unspecified atom stereocenters. The molecule has 0 aliphatic carbocycles. The second-order valence-electron chi connectivity index (χ2n) is 2.27. The van der Waals surface area contributed by atoms with Crippen LogP contribution in [-0.4, -0.2) is 9.65 Å². The first-order valence-corrected chi connectivity index (χ1v) is 5.12. The van der Waals surface area contributed by atoms with E-state index in [1.54, 1.807) is 0 Å². The Kier molecular flexibility index (Phi) is 5.10. The molecule has 0 spiro atoms. The minimum absolute atomic E-state index is 0.158. The van der Waals surface area contributed by atoms with E-state index in [2.05, 4.69) is 45.0 Å². The van der Waals surface area contributed by atoms with Crippen LogP contribution < -0.4 is 0 Å². The van der Waals surface area contributed by atoms with Crippen LogP contribution in [0.1, 0.15) is 13.8 Å². The summed E-state index contributed by atoms with van der Waals surface area (Å²) in [6.07, 6.45) is 0. The number of hydrogen-bond acceptors (Lipinski definition) is 1. The lowest BCUT2D eigenvalue weighted by Gasteiger charge is -2.13. The summed E-state index contributed by atoms with van der Waals surface area (Å²) in [6.45, 7) is 11.4. The fraction of sp³-hybridized carbons (Fsp3) is 0.500. The van der Waals surface area contributed by atoms with Crippen molar-refractivity contribution in [3.63, 3.8) is 0 Å². The second kappa shape index (κ2) is 4.99. The Morgan fingerprint density at radius 3 is 1.55 bits per heavy atom. The zero-order valence-electron chi connectivity index (χ0n) is 6.73. The third-order valence-electron chi connectivity index (χ3n) is 1.15. The summed E-state index contributed by atoms with van der Waals surface area (Å²) in [5, 5.41) is 0. The van der Waals surface area contributed by atoms with E-state index in [9.17, 15) is 0 Å². The van der Waals surface area contributed by atoms with Crippen LogP contribution in [0.25, 0.3) is 0 Å². The molecule has 0 saturated carbocycles. The van der Waals surface area contributed by atoms with E-state index in [0.29, 0.717) is 11.5 Å². The Morgan fingerprint density at radius 2 is 1.36 bits per heavy atom. The third kappa shape index (κ3) is 4.64. The summed E-state index contributed by atoms with van der Waals surface area (Å²) in [4.78, 5) is 0.316. The minimum Gasteiger partial charge on any atom is -0.465 e. The van der Waals surface area contributed by atoms with Gasteiger partial charge in [0.15, 0.2) is 0 Å². The smallest absolute Gasteiger partial charge is 0.110 e. The van der Waals surface area contributed by atoms with Crippen molar-refractivity contribution in [1.82, 2.24) is 0 Å². The summed E-state index contributed by atoms with van der Waals surface area (Å²) in [6, 6.07) is 0. The van der Waals surface area contributed by atoms with E-state index in [0.717, 1.165) is 0 Å². The van der Waals surface area contributed by atoms with Crippen LogP contribution in [0.15, 0.2) is 24.7 Å². The number of allylic oxidation sites excluding steroid dienone is 2. The molecule has 0 heterocycles. The van der Waals surface area contributed by atoms with Crippen LogP contribution in [0.5, 0.6) is 0 Å². The zero-order chi connectivity index (χ0) is 9.02. The van der Waals surface area contributed by atoms with Crippen molar-refractivity contribution in [2.45, 2.75) is 23.5 Å². The minimum atomic E-state index is 0.158. The van der Waals surface area contributed by atoms with Gasteiger partial charge >= 0.3 is 0 Å². The lowest BCUT2D eigenvalue weighted by molar-refractivity contribution is 0.295. The molecular formula is C8H12Br2O. The molecule has 0 bridgehead atoms. The van der Waals surface area contributed by atoms with E-state index in [-0.39, 0.29) is 9.65 Å². The number of hydrogen-bond donors (Lipinski definition) is 0. The first kappa shape index (κ1) is 11.2. The van der Waals surface area contributed by atoms with Gasteiger partial charge < -0.3 is 4.74 Å². The molecular weight excluding hydrogens is 272 g/mol. The highest BCUT2D eigenvalue weighted by atomic mass is 79.9. The van der Waals surface area contributed by atoms with Gasteiger partial charge in [0.2, 0.25) is 0 Å². The molecule has 0 saturated heterocycles. The number of halogens is 2. The molecule has 0 aliphatic heterocycles. The van der Waals surface area contributed by atoms with E-state index < -0.39 is 0 Å². The Morgan fingerprint density at radius 1 is 1.09 bits per heavy atom. The lowest BCUT2D eigenvalue weighted by Crippen LogP contribution is -2.04. The third-order valence-corrected chi connectivity index (χ3v) is 2.17. The molecule has 2 atom stereocenters. The number of rotatable bonds is 4. The Bertz CT molecular complexity index is 143. The van der Waals surface area contributed by atoms with Gasteiger partial charge in [-0.3, -0.25) is 0 Å². The largest absolute Gasteiger partial charge is 0.465 e. The maximum Gasteiger partial charge on any atom is 0.110 e. The van der Waals surface area contributed by atoms with Crippen molar-refractivity contribution < 1.29 is 4.74 Å². The van der Waals surface area contributed by atoms with Gasteiger partial charge in [0.1, 0.15) is 11.5 Å². The average Bonchev–Trinajstić information content (AvgIpc) is 1.87. The van der Waals surface area contributed by atoms with Gasteiger partial charge in [-0.2, -0.15) is 0 Å². The van der Waals surface area contributed by atoms with Gasteiger partial charge in [-0.25, -0.2) is 0 Å². The van der Waals surface area contributed by atoms with Crippen LogP contribution in [-0.2, 0) is 4.74 Å². The van der Waals surface area contributed by atoms with Crippen molar-refractivity contribution >= 4 is 31.9 Å². The molecule has 0 aromatic rings. The maximum absolute atomic E-state index is 5.29. The maximum atomic E-state index is 5.29. The molecule has 11 heavy (non-hydrogen) atoms. The van der Waals surface area contributed by atoms with Crippen LogP contribution in [0.2, 0.25) is 0 Å².